The van der Waals surface area contributed by atoms with Gasteiger partial charge < -0.3 is 0 Å². The molecule has 0 amide bonds. The predicted molar refractivity (Wildman–Crippen MR) is 78.2 cm³/mol. The Bertz CT molecular complexity index is 647. The molecule has 106 valence electrons. The number of rotatable bonds is 3. The SMILES string of the molecule is Fc1ccc(C(Br)Cc2ccc(Cl)c(Cl)c2)c(F)c1F. The van der Waals surface area contributed by atoms with E-state index in [-0.39, 0.29) is 5.56 Å². The smallest absolute Gasteiger partial charge is 0.194 e. The van der Waals surface area contributed by atoms with Gasteiger partial charge in [0.05, 0.1) is 10.0 Å². The summed E-state index contributed by atoms with van der Waals surface area (Å²) in [7, 11) is 0. The lowest BCUT2D eigenvalue weighted by atomic mass is 10.0. The van der Waals surface area contributed by atoms with Crippen LogP contribution in [0, 0.1) is 17.5 Å². The predicted octanol–water partition coefficient (Wildman–Crippen LogP) is 6.09. The number of hydrogen-bond acceptors (Lipinski definition) is 0. The van der Waals surface area contributed by atoms with Crippen molar-refractivity contribution in [2.45, 2.75) is 11.2 Å². The fourth-order valence-electron chi connectivity index (χ4n) is 1.77. The molecule has 6 heteroatoms. The Balaban J connectivity index is 2.26. The van der Waals surface area contributed by atoms with E-state index in [4.69, 9.17) is 23.2 Å². The normalized spacial score (nSPS) is 12.5. The molecule has 0 saturated heterocycles. The monoisotopic (exact) mass is 382 g/mol. The Morgan fingerprint density at radius 1 is 0.950 bits per heavy atom. The molecule has 0 aliphatic carbocycles. The number of alkyl halides is 1. The van der Waals surface area contributed by atoms with Gasteiger partial charge in [0.15, 0.2) is 17.5 Å². The zero-order chi connectivity index (χ0) is 14.9. The van der Waals surface area contributed by atoms with Crippen molar-refractivity contribution in [1.82, 2.24) is 0 Å². The van der Waals surface area contributed by atoms with Crippen molar-refractivity contribution in [2.24, 2.45) is 0 Å². The second-order valence-corrected chi connectivity index (χ2v) is 6.10. The average Bonchev–Trinajstić information content (AvgIpc) is 2.40. The van der Waals surface area contributed by atoms with Crippen LogP contribution in [0.15, 0.2) is 30.3 Å². The molecule has 20 heavy (non-hydrogen) atoms. The number of halogens is 6. The standard InChI is InChI=1S/C14H8BrCl2F3/c15-9(5-7-1-3-10(16)11(17)6-7)8-2-4-12(18)14(20)13(8)19/h1-4,6,9H,5H2. The van der Waals surface area contributed by atoms with Gasteiger partial charge in [0, 0.05) is 10.4 Å². The summed E-state index contributed by atoms with van der Waals surface area (Å²) in [5.74, 6) is -3.87. The average molecular weight is 384 g/mol. The third kappa shape index (κ3) is 3.30. The molecule has 2 aromatic rings. The van der Waals surface area contributed by atoms with E-state index >= 15 is 0 Å². The van der Waals surface area contributed by atoms with E-state index in [1.807, 2.05) is 0 Å². The van der Waals surface area contributed by atoms with E-state index in [2.05, 4.69) is 15.9 Å². The van der Waals surface area contributed by atoms with Gasteiger partial charge >= 0.3 is 0 Å². The molecule has 0 radical (unpaired) electrons. The lowest BCUT2D eigenvalue weighted by Crippen LogP contribution is -2.02. The fraction of sp³-hybridized carbons (Fsp3) is 0.143. The van der Waals surface area contributed by atoms with Gasteiger partial charge in [-0.2, -0.15) is 0 Å². The van der Waals surface area contributed by atoms with Gasteiger partial charge in [-0.25, -0.2) is 13.2 Å². The minimum absolute atomic E-state index is 0.0509. The minimum Gasteiger partial charge on any atom is -0.204 e. The molecule has 1 atom stereocenters. The first-order chi connectivity index (χ1) is 9.40. The van der Waals surface area contributed by atoms with Crippen molar-refractivity contribution in [2.75, 3.05) is 0 Å². The largest absolute Gasteiger partial charge is 0.204 e. The molecular formula is C14H8BrCl2F3. The van der Waals surface area contributed by atoms with Crippen molar-refractivity contribution in [3.63, 3.8) is 0 Å². The van der Waals surface area contributed by atoms with Gasteiger partial charge in [-0.1, -0.05) is 51.3 Å². The van der Waals surface area contributed by atoms with Gasteiger partial charge in [-0.15, -0.1) is 0 Å². The van der Waals surface area contributed by atoms with E-state index in [9.17, 15) is 13.2 Å². The Labute approximate surface area is 132 Å². The highest BCUT2D eigenvalue weighted by Gasteiger charge is 2.19. The molecule has 0 fully saturated rings. The van der Waals surface area contributed by atoms with E-state index in [1.165, 1.54) is 6.07 Å². The maximum absolute atomic E-state index is 13.7. The van der Waals surface area contributed by atoms with Crippen molar-refractivity contribution >= 4 is 39.1 Å². The summed E-state index contributed by atoms with van der Waals surface area (Å²) in [6, 6.07) is 7.12. The maximum Gasteiger partial charge on any atom is 0.194 e. The van der Waals surface area contributed by atoms with Crippen LogP contribution in [-0.2, 0) is 6.42 Å². The molecule has 1 unspecified atom stereocenters. The van der Waals surface area contributed by atoms with Crippen molar-refractivity contribution in [3.8, 4) is 0 Å². The highest BCUT2D eigenvalue weighted by molar-refractivity contribution is 9.09. The van der Waals surface area contributed by atoms with Gasteiger partial charge in [-0.3, -0.25) is 0 Å². The lowest BCUT2D eigenvalue weighted by Gasteiger charge is -2.12. The molecule has 2 aromatic carbocycles. The molecule has 0 aromatic heterocycles. The fourth-order valence-corrected chi connectivity index (χ4v) is 2.81. The quantitative estimate of drug-likeness (QED) is 0.444. The second kappa shape index (κ2) is 6.37. The zero-order valence-corrected chi connectivity index (χ0v) is 13.0. The van der Waals surface area contributed by atoms with E-state index < -0.39 is 22.3 Å². The number of hydrogen-bond donors (Lipinski definition) is 0. The van der Waals surface area contributed by atoms with Gasteiger partial charge in [0.2, 0.25) is 0 Å². The van der Waals surface area contributed by atoms with Crippen LogP contribution in [-0.4, -0.2) is 0 Å². The lowest BCUT2D eigenvalue weighted by molar-refractivity contribution is 0.440. The Morgan fingerprint density at radius 3 is 2.30 bits per heavy atom. The molecule has 0 aliphatic heterocycles. The maximum atomic E-state index is 13.7. The molecule has 0 N–H and O–H groups in total. The van der Waals surface area contributed by atoms with E-state index in [0.29, 0.717) is 16.5 Å². The molecule has 0 spiro atoms. The van der Waals surface area contributed by atoms with Crippen LogP contribution in [0.5, 0.6) is 0 Å². The summed E-state index contributed by atoms with van der Waals surface area (Å²) in [5.41, 5.74) is 0.848. The molecule has 2 rings (SSSR count). The van der Waals surface area contributed by atoms with Crippen molar-refractivity contribution in [3.05, 3.63) is 69.0 Å². The first-order valence-corrected chi connectivity index (χ1v) is 7.28. The van der Waals surface area contributed by atoms with Crippen LogP contribution in [0.4, 0.5) is 13.2 Å². The molecule has 0 heterocycles. The minimum atomic E-state index is -1.47. The molecule has 0 aliphatic rings. The third-order valence-electron chi connectivity index (χ3n) is 2.80. The van der Waals surface area contributed by atoms with Crippen LogP contribution >= 0.6 is 39.1 Å². The van der Waals surface area contributed by atoms with Gasteiger partial charge in [0.25, 0.3) is 0 Å². The van der Waals surface area contributed by atoms with Crippen LogP contribution in [0.1, 0.15) is 16.0 Å². The Hall–Kier alpha value is -0.710. The summed E-state index contributed by atoms with van der Waals surface area (Å²) in [6.07, 6.45) is 0.360. The summed E-state index contributed by atoms with van der Waals surface area (Å²) in [6.45, 7) is 0. The molecule has 0 bridgehead atoms. The first kappa shape index (κ1) is 15.7. The topological polar surface area (TPSA) is 0 Å². The van der Waals surface area contributed by atoms with Crippen molar-refractivity contribution in [1.29, 1.82) is 0 Å². The first-order valence-electron chi connectivity index (χ1n) is 5.61. The van der Waals surface area contributed by atoms with Gasteiger partial charge in [-0.05, 0) is 30.2 Å². The van der Waals surface area contributed by atoms with E-state index in [0.717, 1.165) is 11.6 Å². The third-order valence-corrected chi connectivity index (χ3v) is 4.36. The van der Waals surface area contributed by atoms with Crippen LogP contribution in [0.3, 0.4) is 0 Å². The summed E-state index contributed by atoms with van der Waals surface area (Å²) >= 11 is 15.0. The highest BCUT2D eigenvalue weighted by atomic mass is 79.9. The molecule has 0 nitrogen and oxygen atoms in total. The highest BCUT2D eigenvalue weighted by Crippen LogP contribution is 2.32. The Kier molecular flexibility index (Phi) is 4.99. The summed E-state index contributed by atoms with van der Waals surface area (Å²) in [4.78, 5) is -0.505. The van der Waals surface area contributed by atoms with Crippen molar-refractivity contribution < 1.29 is 13.2 Å². The zero-order valence-electron chi connectivity index (χ0n) is 9.94. The summed E-state index contributed by atoms with van der Waals surface area (Å²) in [5, 5.41) is 0.801. The van der Waals surface area contributed by atoms with Crippen LogP contribution in [0.25, 0.3) is 0 Å². The van der Waals surface area contributed by atoms with Crippen LogP contribution < -0.4 is 0 Å². The summed E-state index contributed by atoms with van der Waals surface area (Å²) < 4.78 is 39.7. The molecular weight excluding hydrogens is 376 g/mol. The molecule has 0 saturated carbocycles. The number of benzene rings is 2. The van der Waals surface area contributed by atoms with Gasteiger partial charge in [0.1, 0.15) is 0 Å². The van der Waals surface area contributed by atoms with E-state index in [1.54, 1.807) is 18.2 Å². The second-order valence-electron chi connectivity index (χ2n) is 4.18. The Morgan fingerprint density at radius 2 is 1.65 bits per heavy atom. The van der Waals surface area contributed by atoms with Crippen LogP contribution in [0.2, 0.25) is 10.0 Å².